The molecule has 1 atom stereocenters. The number of methoxy groups -OCH3 is 1. The SMILES string of the molecule is COc1ccc(S(=O)(=O)N(CC(=O)N[C@@H](C)c2ccc(Cl)cc2)C2CCCCC2)cc1Cl. The maximum atomic E-state index is 13.5. The molecule has 1 aliphatic carbocycles. The molecule has 0 aliphatic heterocycles. The fraction of sp³-hybridized carbons (Fsp3) is 0.435. The Balaban J connectivity index is 1.83. The predicted molar refractivity (Wildman–Crippen MR) is 127 cm³/mol. The van der Waals surface area contributed by atoms with Gasteiger partial charge in [-0.05, 0) is 55.7 Å². The van der Waals surface area contributed by atoms with E-state index in [1.807, 2.05) is 19.1 Å². The molecule has 174 valence electrons. The Hall–Kier alpha value is -1.80. The van der Waals surface area contributed by atoms with Gasteiger partial charge in [0.1, 0.15) is 5.75 Å². The Bertz CT molecular complexity index is 1040. The van der Waals surface area contributed by atoms with Gasteiger partial charge in [-0.15, -0.1) is 0 Å². The van der Waals surface area contributed by atoms with Crippen molar-refractivity contribution in [2.24, 2.45) is 0 Å². The normalized spacial score (nSPS) is 16.0. The van der Waals surface area contributed by atoms with Crippen LogP contribution in [0.5, 0.6) is 5.75 Å². The number of hydrogen-bond donors (Lipinski definition) is 1. The highest BCUT2D eigenvalue weighted by molar-refractivity contribution is 7.89. The predicted octanol–water partition coefficient (Wildman–Crippen LogP) is 5.20. The van der Waals surface area contributed by atoms with Crippen molar-refractivity contribution >= 4 is 39.1 Å². The molecule has 6 nitrogen and oxygen atoms in total. The zero-order valence-electron chi connectivity index (χ0n) is 18.2. The molecule has 0 unspecified atom stereocenters. The first-order chi connectivity index (χ1) is 15.2. The number of carbonyl (C=O) groups excluding carboxylic acids is 1. The van der Waals surface area contributed by atoms with E-state index >= 15 is 0 Å². The van der Waals surface area contributed by atoms with Crippen molar-refractivity contribution in [1.82, 2.24) is 9.62 Å². The molecule has 0 saturated heterocycles. The highest BCUT2D eigenvalue weighted by Crippen LogP contribution is 2.32. The molecular formula is C23H28Cl2N2O4S. The van der Waals surface area contributed by atoms with E-state index in [-0.39, 0.29) is 34.5 Å². The number of sulfonamides is 1. The van der Waals surface area contributed by atoms with Crippen LogP contribution in [0.2, 0.25) is 10.0 Å². The highest BCUT2D eigenvalue weighted by atomic mass is 35.5. The lowest BCUT2D eigenvalue weighted by Gasteiger charge is -2.33. The molecule has 1 fully saturated rings. The molecule has 0 heterocycles. The lowest BCUT2D eigenvalue weighted by Crippen LogP contribution is -2.47. The average Bonchev–Trinajstić information content (AvgIpc) is 2.78. The molecule has 32 heavy (non-hydrogen) atoms. The van der Waals surface area contributed by atoms with Crippen LogP contribution in [0.25, 0.3) is 0 Å². The summed E-state index contributed by atoms with van der Waals surface area (Å²) in [5.74, 6) is 0.0329. The van der Waals surface area contributed by atoms with Gasteiger partial charge in [0.05, 0.1) is 29.6 Å². The van der Waals surface area contributed by atoms with Crippen LogP contribution in [-0.2, 0) is 14.8 Å². The topological polar surface area (TPSA) is 75.7 Å². The number of nitrogens with one attached hydrogen (secondary N) is 1. The van der Waals surface area contributed by atoms with Crippen LogP contribution in [0.15, 0.2) is 47.4 Å². The number of hydrogen-bond acceptors (Lipinski definition) is 4. The van der Waals surface area contributed by atoms with E-state index in [1.165, 1.54) is 29.6 Å². The minimum absolute atomic E-state index is 0.0485. The summed E-state index contributed by atoms with van der Waals surface area (Å²) in [6, 6.07) is 11.0. The molecule has 9 heteroatoms. The minimum Gasteiger partial charge on any atom is -0.495 e. The van der Waals surface area contributed by atoms with Gasteiger partial charge >= 0.3 is 0 Å². The largest absolute Gasteiger partial charge is 0.495 e. The van der Waals surface area contributed by atoms with Crippen LogP contribution in [0.4, 0.5) is 0 Å². The van der Waals surface area contributed by atoms with E-state index in [4.69, 9.17) is 27.9 Å². The van der Waals surface area contributed by atoms with E-state index < -0.39 is 10.0 Å². The van der Waals surface area contributed by atoms with Crippen molar-refractivity contribution in [3.05, 3.63) is 58.1 Å². The number of rotatable bonds is 8. The fourth-order valence-electron chi connectivity index (χ4n) is 3.99. The van der Waals surface area contributed by atoms with Crippen molar-refractivity contribution in [3.8, 4) is 5.75 Å². The second kappa shape index (κ2) is 10.9. The number of carbonyl (C=O) groups is 1. The first-order valence-corrected chi connectivity index (χ1v) is 12.8. The van der Waals surface area contributed by atoms with Gasteiger partial charge in [0, 0.05) is 11.1 Å². The number of amides is 1. The van der Waals surface area contributed by atoms with Crippen molar-refractivity contribution < 1.29 is 17.9 Å². The molecule has 0 spiro atoms. The molecule has 1 aliphatic rings. The van der Waals surface area contributed by atoms with Gasteiger partial charge < -0.3 is 10.1 Å². The molecule has 1 saturated carbocycles. The van der Waals surface area contributed by atoms with Crippen LogP contribution in [0.3, 0.4) is 0 Å². The fourth-order valence-corrected chi connectivity index (χ4v) is 6.10. The lowest BCUT2D eigenvalue weighted by molar-refractivity contribution is -0.122. The molecule has 3 rings (SSSR count). The maximum Gasteiger partial charge on any atom is 0.243 e. The van der Waals surface area contributed by atoms with Crippen molar-refractivity contribution in [2.45, 2.75) is 56.0 Å². The lowest BCUT2D eigenvalue weighted by atomic mass is 9.95. The molecule has 0 bridgehead atoms. The summed E-state index contributed by atoms with van der Waals surface area (Å²) in [4.78, 5) is 13.0. The summed E-state index contributed by atoms with van der Waals surface area (Å²) >= 11 is 12.1. The Morgan fingerprint density at radius 2 is 1.78 bits per heavy atom. The van der Waals surface area contributed by atoms with Gasteiger partial charge in [0.2, 0.25) is 15.9 Å². The molecule has 1 amide bonds. The third-order valence-corrected chi connectivity index (χ3v) is 8.20. The van der Waals surface area contributed by atoms with E-state index in [2.05, 4.69) is 5.32 Å². The van der Waals surface area contributed by atoms with Gasteiger partial charge in [-0.25, -0.2) is 8.42 Å². The summed E-state index contributed by atoms with van der Waals surface area (Å²) in [5, 5.41) is 3.72. The van der Waals surface area contributed by atoms with Crippen LogP contribution < -0.4 is 10.1 Å². The highest BCUT2D eigenvalue weighted by Gasteiger charge is 2.34. The molecule has 2 aromatic carbocycles. The van der Waals surface area contributed by atoms with Gasteiger partial charge in [0.25, 0.3) is 0 Å². The molecular weight excluding hydrogens is 471 g/mol. The van der Waals surface area contributed by atoms with Gasteiger partial charge in [-0.2, -0.15) is 4.31 Å². The van der Waals surface area contributed by atoms with Crippen LogP contribution in [-0.4, -0.2) is 38.3 Å². The van der Waals surface area contributed by atoms with Crippen molar-refractivity contribution in [2.75, 3.05) is 13.7 Å². The first-order valence-electron chi connectivity index (χ1n) is 10.6. The molecule has 2 aromatic rings. The Morgan fingerprint density at radius 1 is 1.12 bits per heavy atom. The van der Waals surface area contributed by atoms with Crippen molar-refractivity contribution in [1.29, 1.82) is 0 Å². The second-order valence-corrected chi connectivity index (χ2v) is 10.7. The summed E-state index contributed by atoms with van der Waals surface area (Å²) < 4.78 is 33.6. The molecule has 0 aromatic heterocycles. The van der Waals surface area contributed by atoms with E-state index in [9.17, 15) is 13.2 Å². The summed E-state index contributed by atoms with van der Waals surface area (Å²) in [5.41, 5.74) is 0.886. The van der Waals surface area contributed by atoms with Gasteiger partial charge in [0.15, 0.2) is 0 Å². The van der Waals surface area contributed by atoms with Crippen LogP contribution in [0.1, 0.15) is 50.6 Å². The first kappa shape index (κ1) is 24.8. The third kappa shape index (κ3) is 5.95. The number of nitrogens with zero attached hydrogens (tertiary/aromatic N) is 1. The summed E-state index contributed by atoms with van der Waals surface area (Å²) in [7, 11) is -2.47. The smallest absolute Gasteiger partial charge is 0.243 e. The molecule has 1 N–H and O–H groups in total. The van der Waals surface area contributed by atoms with Crippen LogP contribution >= 0.6 is 23.2 Å². The van der Waals surface area contributed by atoms with Gasteiger partial charge in [-0.1, -0.05) is 54.6 Å². The van der Waals surface area contributed by atoms with E-state index in [1.54, 1.807) is 12.1 Å². The standard InChI is InChI=1S/C23H28Cl2N2O4S/c1-16(17-8-10-18(24)11-9-17)26-23(28)15-27(19-6-4-3-5-7-19)32(29,30)20-12-13-22(31-2)21(25)14-20/h8-14,16,19H,3-7,15H2,1-2H3,(H,26,28)/t16-/m0/s1. The van der Waals surface area contributed by atoms with E-state index in [0.717, 1.165) is 37.7 Å². The average molecular weight is 499 g/mol. The number of ether oxygens (including phenoxy) is 1. The molecule has 0 radical (unpaired) electrons. The van der Waals surface area contributed by atoms with Gasteiger partial charge in [-0.3, -0.25) is 4.79 Å². The number of benzene rings is 2. The zero-order valence-corrected chi connectivity index (χ0v) is 20.5. The quantitative estimate of drug-likeness (QED) is 0.542. The Labute approximate surface area is 199 Å². The monoisotopic (exact) mass is 498 g/mol. The third-order valence-electron chi connectivity index (χ3n) is 5.76. The summed E-state index contributed by atoms with van der Waals surface area (Å²) in [6.45, 7) is 1.60. The number of halogens is 2. The van der Waals surface area contributed by atoms with Crippen LogP contribution in [0, 0.1) is 0 Å². The second-order valence-electron chi connectivity index (χ2n) is 7.98. The Kier molecular flexibility index (Phi) is 8.44. The maximum absolute atomic E-state index is 13.5. The van der Waals surface area contributed by atoms with E-state index in [0.29, 0.717) is 10.8 Å². The zero-order chi connectivity index (χ0) is 23.3. The summed E-state index contributed by atoms with van der Waals surface area (Å²) in [6.07, 6.45) is 4.39. The Morgan fingerprint density at radius 3 is 2.38 bits per heavy atom. The van der Waals surface area contributed by atoms with Crippen molar-refractivity contribution in [3.63, 3.8) is 0 Å². The minimum atomic E-state index is -3.93.